The summed E-state index contributed by atoms with van der Waals surface area (Å²) >= 11 is 0. The zero-order chi connectivity index (χ0) is 18.8. The van der Waals surface area contributed by atoms with Crippen LogP contribution >= 0.6 is 0 Å². The molecule has 0 bridgehead atoms. The van der Waals surface area contributed by atoms with Gasteiger partial charge in [-0.05, 0) is 36.8 Å². The second-order valence-electron chi connectivity index (χ2n) is 6.65. The first kappa shape index (κ1) is 17.1. The molecule has 3 nitrogen and oxygen atoms in total. The number of nitrogens with zero attached hydrogens (tertiary/aromatic N) is 2. The number of hydrogen-bond acceptors (Lipinski definition) is 1. The van der Waals surface area contributed by atoms with Gasteiger partial charge in [0.2, 0.25) is 0 Å². The van der Waals surface area contributed by atoms with Gasteiger partial charge in [0.25, 0.3) is 5.91 Å². The minimum absolute atomic E-state index is 0.0106. The molecule has 1 aliphatic rings. The van der Waals surface area contributed by atoms with E-state index in [1.807, 2.05) is 52.1 Å². The highest BCUT2D eigenvalue weighted by molar-refractivity contribution is 5.94. The maximum Gasteiger partial charge on any atom is 0.271 e. The highest BCUT2D eigenvalue weighted by Crippen LogP contribution is 2.26. The van der Waals surface area contributed by atoms with Gasteiger partial charge in [-0.1, -0.05) is 48.2 Å². The molecule has 3 aromatic rings. The van der Waals surface area contributed by atoms with Crippen molar-refractivity contribution in [3.8, 4) is 11.8 Å². The molecule has 0 fully saturated rings. The molecule has 1 aromatic heterocycles. The molecule has 2 aromatic carbocycles. The first-order valence-corrected chi connectivity index (χ1v) is 8.95. The number of halogens is 1. The van der Waals surface area contributed by atoms with Gasteiger partial charge in [-0.3, -0.25) is 4.79 Å². The van der Waals surface area contributed by atoms with Crippen LogP contribution in [-0.2, 0) is 6.54 Å². The Morgan fingerprint density at radius 1 is 0.963 bits per heavy atom. The number of fused-ring (bicyclic) bond motifs is 1. The van der Waals surface area contributed by atoms with E-state index >= 15 is 0 Å². The van der Waals surface area contributed by atoms with Crippen LogP contribution in [0.5, 0.6) is 0 Å². The molecule has 0 saturated carbocycles. The smallest absolute Gasteiger partial charge is 0.271 e. The van der Waals surface area contributed by atoms with Gasteiger partial charge in [0.1, 0.15) is 11.5 Å². The summed E-state index contributed by atoms with van der Waals surface area (Å²) in [5.41, 5.74) is 3.14. The van der Waals surface area contributed by atoms with Crippen molar-refractivity contribution in [1.29, 1.82) is 0 Å². The van der Waals surface area contributed by atoms with Gasteiger partial charge in [-0.15, -0.1) is 0 Å². The number of benzene rings is 2. The number of carbonyl (C=O) groups is 1. The predicted octanol–water partition coefficient (Wildman–Crippen LogP) is 4.24. The van der Waals surface area contributed by atoms with Crippen molar-refractivity contribution in [2.24, 2.45) is 0 Å². The van der Waals surface area contributed by atoms with Crippen LogP contribution in [0.25, 0.3) is 0 Å². The maximum absolute atomic E-state index is 13.3. The summed E-state index contributed by atoms with van der Waals surface area (Å²) in [7, 11) is 0. The Morgan fingerprint density at radius 3 is 2.52 bits per heavy atom. The molecule has 27 heavy (non-hydrogen) atoms. The van der Waals surface area contributed by atoms with Gasteiger partial charge in [0, 0.05) is 30.4 Å². The van der Waals surface area contributed by atoms with Crippen molar-refractivity contribution >= 4 is 5.91 Å². The quantitative estimate of drug-likeness (QED) is 0.629. The lowest BCUT2D eigenvalue weighted by atomic mass is 10.1. The lowest BCUT2D eigenvalue weighted by molar-refractivity contribution is 0.0632. The van der Waals surface area contributed by atoms with E-state index in [9.17, 15) is 9.18 Å². The van der Waals surface area contributed by atoms with Crippen molar-refractivity contribution in [2.45, 2.75) is 19.5 Å². The molecule has 2 heterocycles. The van der Waals surface area contributed by atoms with Crippen LogP contribution in [0.15, 0.2) is 66.9 Å². The summed E-state index contributed by atoms with van der Waals surface area (Å²) in [6, 6.07) is 18.1. The number of aromatic nitrogens is 1. The van der Waals surface area contributed by atoms with Crippen LogP contribution in [0.4, 0.5) is 4.39 Å². The van der Waals surface area contributed by atoms with Crippen LogP contribution in [-0.4, -0.2) is 21.9 Å². The van der Waals surface area contributed by atoms with Gasteiger partial charge in [0.05, 0.1) is 6.04 Å². The highest BCUT2D eigenvalue weighted by atomic mass is 19.1. The zero-order valence-corrected chi connectivity index (χ0v) is 15.0. The second-order valence-corrected chi connectivity index (χ2v) is 6.65. The molecule has 4 heteroatoms. The Bertz CT molecular complexity index is 1040. The normalized spacial score (nSPS) is 14.3. The van der Waals surface area contributed by atoms with Crippen molar-refractivity contribution < 1.29 is 9.18 Å². The van der Waals surface area contributed by atoms with Gasteiger partial charge in [-0.25, -0.2) is 4.39 Å². The molecule has 1 aliphatic heterocycles. The third-order valence-electron chi connectivity index (χ3n) is 4.88. The average molecular weight is 358 g/mol. The topological polar surface area (TPSA) is 25.2 Å². The molecule has 0 saturated heterocycles. The van der Waals surface area contributed by atoms with E-state index in [2.05, 4.69) is 18.8 Å². The van der Waals surface area contributed by atoms with Crippen molar-refractivity contribution in [3.63, 3.8) is 0 Å². The lowest BCUT2D eigenvalue weighted by Gasteiger charge is -2.33. The van der Waals surface area contributed by atoms with E-state index < -0.39 is 0 Å². The van der Waals surface area contributed by atoms with Crippen LogP contribution in [0.2, 0.25) is 0 Å². The van der Waals surface area contributed by atoms with Crippen LogP contribution in [0.3, 0.4) is 0 Å². The molecule has 0 N–H and O–H groups in total. The Morgan fingerprint density at radius 2 is 1.74 bits per heavy atom. The van der Waals surface area contributed by atoms with Crippen LogP contribution in [0.1, 0.15) is 40.1 Å². The molecule has 134 valence electrons. The van der Waals surface area contributed by atoms with E-state index in [1.54, 1.807) is 12.1 Å². The molecule has 0 radical (unpaired) electrons. The zero-order valence-electron chi connectivity index (χ0n) is 15.0. The summed E-state index contributed by atoms with van der Waals surface area (Å²) in [6.45, 7) is 3.45. The van der Waals surface area contributed by atoms with Crippen LogP contribution < -0.4 is 0 Å². The van der Waals surface area contributed by atoms with E-state index in [-0.39, 0.29) is 17.8 Å². The Kier molecular flexibility index (Phi) is 4.52. The molecule has 1 atom stereocenters. The Hall–Kier alpha value is -3.32. The van der Waals surface area contributed by atoms with Gasteiger partial charge in [-0.2, -0.15) is 0 Å². The largest absolute Gasteiger partial charge is 0.340 e. The Labute approximate surface area is 158 Å². The molecule has 0 aliphatic carbocycles. The lowest BCUT2D eigenvalue weighted by Crippen LogP contribution is -2.41. The standard InChI is InChI=1S/C23H19FN2O/c1-17(20-7-3-2-4-8-20)26-13-12-25-16-19(15-22(25)23(26)27)11-10-18-6-5-9-21(24)14-18/h2-9,14-17H,12-13H2,1H3/t17-/m1/s1. The monoisotopic (exact) mass is 358 g/mol. The van der Waals surface area contributed by atoms with Gasteiger partial charge in [0.15, 0.2) is 0 Å². The van der Waals surface area contributed by atoms with Gasteiger partial charge < -0.3 is 9.47 Å². The summed E-state index contributed by atoms with van der Waals surface area (Å²) < 4.78 is 15.2. The average Bonchev–Trinajstić information content (AvgIpc) is 3.11. The minimum atomic E-state index is -0.307. The van der Waals surface area contributed by atoms with E-state index in [0.717, 1.165) is 17.7 Å². The fourth-order valence-electron chi connectivity index (χ4n) is 3.40. The second kappa shape index (κ2) is 7.13. The van der Waals surface area contributed by atoms with Crippen LogP contribution in [0, 0.1) is 17.7 Å². The first-order chi connectivity index (χ1) is 13.1. The molecule has 4 rings (SSSR count). The molecular formula is C23H19FN2O. The fraction of sp³-hybridized carbons (Fsp3) is 0.174. The number of hydrogen-bond donors (Lipinski definition) is 0. The van der Waals surface area contributed by atoms with Crippen molar-refractivity contribution in [2.75, 3.05) is 6.54 Å². The maximum atomic E-state index is 13.3. The first-order valence-electron chi connectivity index (χ1n) is 8.95. The Balaban J connectivity index is 1.58. The van der Waals surface area contributed by atoms with Gasteiger partial charge >= 0.3 is 0 Å². The summed E-state index contributed by atoms with van der Waals surface area (Å²) in [5.74, 6) is 5.69. The van der Waals surface area contributed by atoms with E-state index in [4.69, 9.17) is 0 Å². The number of amides is 1. The summed E-state index contributed by atoms with van der Waals surface area (Å²) in [5, 5.41) is 0. The number of rotatable bonds is 2. The third-order valence-corrected chi connectivity index (χ3v) is 4.88. The highest BCUT2D eigenvalue weighted by Gasteiger charge is 2.29. The predicted molar refractivity (Wildman–Crippen MR) is 103 cm³/mol. The molecule has 0 unspecified atom stereocenters. The number of carbonyl (C=O) groups excluding carboxylic acids is 1. The fourth-order valence-corrected chi connectivity index (χ4v) is 3.40. The summed E-state index contributed by atoms with van der Waals surface area (Å²) in [6.07, 6.45) is 1.89. The molecular weight excluding hydrogens is 339 g/mol. The van der Waals surface area contributed by atoms with E-state index in [0.29, 0.717) is 17.8 Å². The van der Waals surface area contributed by atoms with E-state index in [1.165, 1.54) is 12.1 Å². The third kappa shape index (κ3) is 3.50. The van der Waals surface area contributed by atoms with Crippen molar-refractivity contribution in [1.82, 2.24) is 9.47 Å². The SMILES string of the molecule is C[C@H](c1ccccc1)N1CCn2cc(C#Cc3cccc(F)c3)cc2C1=O. The van der Waals surface area contributed by atoms with Crippen molar-refractivity contribution in [3.05, 3.63) is 95.1 Å². The molecule has 0 spiro atoms. The minimum Gasteiger partial charge on any atom is -0.340 e. The molecule has 1 amide bonds. The summed E-state index contributed by atoms with van der Waals surface area (Å²) in [4.78, 5) is 14.9.